The highest BCUT2D eigenvalue weighted by molar-refractivity contribution is 5.91. The Bertz CT molecular complexity index is 590. The van der Waals surface area contributed by atoms with E-state index in [9.17, 15) is 14.4 Å². The quantitative estimate of drug-likeness (QED) is 0.462. The van der Waals surface area contributed by atoms with E-state index in [0.29, 0.717) is 12.8 Å². The molecule has 0 aliphatic rings. The number of carbonyl (C=O) groups is 3. The molecule has 0 saturated carbocycles. The first-order chi connectivity index (χ1) is 12.9. The fourth-order valence-electron chi connectivity index (χ4n) is 2.99. The van der Waals surface area contributed by atoms with E-state index < -0.39 is 18.0 Å². The lowest BCUT2D eigenvalue weighted by atomic mass is 10.0. The van der Waals surface area contributed by atoms with E-state index in [1.54, 1.807) is 0 Å². The topological polar surface area (TPSA) is 101 Å². The molecule has 0 aliphatic carbocycles. The summed E-state index contributed by atoms with van der Waals surface area (Å²) < 4.78 is 0. The van der Waals surface area contributed by atoms with Gasteiger partial charge in [-0.05, 0) is 12.0 Å². The second-order valence-electron chi connectivity index (χ2n) is 6.96. The summed E-state index contributed by atoms with van der Waals surface area (Å²) in [7, 11) is 0. The van der Waals surface area contributed by atoms with Gasteiger partial charge < -0.3 is 16.4 Å². The molecular formula is C21H33N3O3. The van der Waals surface area contributed by atoms with Gasteiger partial charge in [-0.15, -0.1) is 0 Å². The number of carbonyl (C=O) groups excluding carboxylic acids is 3. The van der Waals surface area contributed by atoms with E-state index in [4.69, 9.17) is 5.73 Å². The lowest BCUT2D eigenvalue weighted by Crippen LogP contribution is -2.53. The Balaban J connectivity index is 2.60. The Morgan fingerprint density at radius 2 is 1.56 bits per heavy atom. The highest BCUT2D eigenvalue weighted by Gasteiger charge is 2.24. The van der Waals surface area contributed by atoms with Gasteiger partial charge in [0.25, 0.3) is 0 Å². The van der Waals surface area contributed by atoms with Gasteiger partial charge in [-0.3, -0.25) is 14.4 Å². The molecule has 150 valence electrons. The third-order valence-corrected chi connectivity index (χ3v) is 4.48. The fourth-order valence-corrected chi connectivity index (χ4v) is 2.99. The zero-order valence-electron chi connectivity index (χ0n) is 16.5. The van der Waals surface area contributed by atoms with E-state index in [1.807, 2.05) is 30.3 Å². The average Bonchev–Trinajstić information content (AvgIpc) is 2.63. The number of benzene rings is 1. The molecule has 6 nitrogen and oxygen atoms in total. The molecular weight excluding hydrogens is 342 g/mol. The molecule has 0 aromatic heterocycles. The van der Waals surface area contributed by atoms with Crippen LogP contribution in [0.2, 0.25) is 0 Å². The lowest BCUT2D eigenvalue weighted by molar-refractivity contribution is -0.130. The van der Waals surface area contributed by atoms with Crippen molar-refractivity contribution in [3.05, 3.63) is 35.9 Å². The van der Waals surface area contributed by atoms with Crippen LogP contribution in [-0.4, -0.2) is 29.8 Å². The van der Waals surface area contributed by atoms with Crippen LogP contribution in [-0.2, 0) is 20.8 Å². The molecule has 2 atom stereocenters. The van der Waals surface area contributed by atoms with Crippen molar-refractivity contribution in [2.75, 3.05) is 0 Å². The third kappa shape index (κ3) is 9.78. The summed E-state index contributed by atoms with van der Waals surface area (Å²) in [6.07, 6.45) is 7.43. The van der Waals surface area contributed by atoms with E-state index in [0.717, 1.165) is 24.8 Å². The first kappa shape index (κ1) is 22.7. The Kier molecular flexibility index (Phi) is 10.8. The van der Waals surface area contributed by atoms with Gasteiger partial charge in [-0.25, -0.2) is 0 Å². The molecule has 0 spiro atoms. The van der Waals surface area contributed by atoms with E-state index >= 15 is 0 Å². The number of amides is 3. The molecule has 0 aliphatic heterocycles. The maximum absolute atomic E-state index is 12.6. The molecule has 1 rings (SSSR count). The minimum Gasteiger partial charge on any atom is -0.368 e. The molecule has 0 unspecified atom stereocenters. The summed E-state index contributed by atoms with van der Waals surface area (Å²) in [4.78, 5) is 35.8. The van der Waals surface area contributed by atoms with Gasteiger partial charge in [0.05, 0.1) is 0 Å². The molecule has 1 aromatic carbocycles. The Morgan fingerprint density at radius 3 is 2.15 bits per heavy atom. The maximum atomic E-state index is 12.6. The molecule has 0 radical (unpaired) electrons. The van der Waals surface area contributed by atoms with Crippen molar-refractivity contribution in [1.82, 2.24) is 10.6 Å². The van der Waals surface area contributed by atoms with Crippen molar-refractivity contribution >= 4 is 17.7 Å². The standard InChI is InChI=1S/C21H33N3O3/c1-3-4-5-6-7-11-14-18(20(22)26)24-21(27)19(23-16(2)25)15-17-12-9-8-10-13-17/h8-10,12-13,18-19H,3-7,11,14-15H2,1-2H3,(H2,22,26)(H,23,25)(H,24,27)/t18-,19+/m0/s1. The molecule has 0 bridgehead atoms. The predicted molar refractivity (Wildman–Crippen MR) is 107 cm³/mol. The summed E-state index contributed by atoms with van der Waals surface area (Å²) in [6, 6.07) is 7.98. The van der Waals surface area contributed by atoms with Crippen LogP contribution < -0.4 is 16.4 Å². The van der Waals surface area contributed by atoms with Crippen molar-refractivity contribution in [3.63, 3.8) is 0 Å². The van der Waals surface area contributed by atoms with Crippen molar-refractivity contribution < 1.29 is 14.4 Å². The number of unbranched alkanes of at least 4 members (excludes halogenated alkanes) is 5. The van der Waals surface area contributed by atoms with Gasteiger partial charge in [0, 0.05) is 13.3 Å². The Hall–Kier alpha value is -2.37. The van der Waals surface area contributed by atoms with Gasteiger partial charge in [0.15, 0.2) is 0 Å². The maximum Gasteiger partial charge on any atom is 0.243 e. The van der Waals surface area contributed by atoms with Crippen molar-refractivity contribution in [2.45, 2.75) is 77.3 Å². The van der Waals surface area contributed by atoms with Crippen LogP contribution in [0.1, 0.15) is 64.4 Å². The normalized spacial score (nSPS) is 12.8. The molecule has 3 amide bonds. The summed E-state index contributed by atoms with van der Waals surface area (Å²) in [5, 5.41) is 5.38. The fraction of sp³-hybridized carbons (Fsp3) is 0.571. The van der Waals surface area contributed by atoms with Crippen molar-refractivity contribution in [2.24, 2.45) is 5.73 Å². The first-order valence-corrected chi connectivity index (χ1v) is 9.84. The number of rotatable bonds is 13. The van der Waals surface area contributed by atoms with Gasteiger partial charge in [0.2, 0.25) is 17.7 Å². The monoisotopic (exact) mass is 375 g/mol. The number of nitrogens with two attached hydrogens (primary N) is 1. The van der Waals surface area contributed by atoms with Crippen molar-refractivity contribution in [1.29, 1.82) is 0 Å². The molecule has 0 heterocycles. The third-order valence-electron chi connectivity index (χ3n) is 4.48. The first-order valence-electron chi connectivity index (χ1n) is 9.84. The van der Waals surface area contributed by atoms with E-state index in [-0.39, 0.29) is 11.8 Å². The van der Waals surface area contributed by atoms with Gasteiger partial charge in [0.1, 0.15) is 12.1 Å². The molecule has 0 fully saturated rings. The minimum atomic E-state index is -0.740. The Morgan fingerprint density at radius 1 is 0.926 bits per heavy atom. The number of hydrogen-bond donors (Lipinski definition) is 3. The SMILES string of the molecule is CCCCCCCC[C@H](NC(=O)[C@@H](Cc1ccccc1)NC(C)=O)C(N)=O. The van der Waals surface area contributed by atoms with Crippen LogP contribution >= 0.6 is 0 Å². The second-order valence-corrected chi connectivity index (χ2v) is 6.96. The summed E-state index contributed by atoms with van der Waals surface area (Å²) in [6.45, 7) is 3.53. The minimum absolute atomic E-state index is 0.294. The van der Waals surface area contributed by atoms with Gasteiger partial charge >= 0.3 is 0 Å². The van der Waals surface area contributed by atoms with Gasteiger partial charge in [-0.1, -0.05) is 75.8 Å². The van der Waals surface area contributed by atoms with E-state index in [1.165, 1.54) is 26.2 Å². The summed E-state index contributed by atoms with van der Waals surface area (Å²) in [5.74, 6) is -1.22. The molecule has 4 N–H and O–H groups in total. The van der Waals surface area contributed by atoms with Crippen LogP contribution in [0.25, 0.3) is 0 Å². The highest BCUT2D eigenvalue weighted by atomic mass is 16.2. The average molecular weight is 376 g/mol. The lowest BCUT2D eigenvalue weighted by Gasteiger charge is -2.21. The molecule has 6 heteroatoms. The molecule has 27 heavy (non-hydrogen) atoms. The molecule has 0 saturated heterocycles. The van der Waals surface area contributed by atoms with Crippen LogP contribution in [0.4, 0.5) is 0 Å². The van der Waals surface area contributed by atoms with Gasteiger partial charge in [-0.2, -0.15) is 0 Å². The zero-order chi connectivity index (χ0) is 20.1. The smallest absolute Gasteiger partial charge is 0.243 e. The van der Waals surface area contributed by atoms with Crippen LogP contribution in [0.5, 0.6) is 0 Å². The second kappa shape index (κ2) is 12.9. The van der Waals surface area contributed by atoms with Crippen LogP contribution in [0.3, 0.4) is 0 Å². The zero-order valence-corrected chi connectivity index (χ0v) is 16.5. The number of hydrogen-bond acceptors (Lipinski definition) is 3. The van der Waals surface area contributed by atoms with E-state index in [2.05, 4.69) is 17.6 Å². The van der Waals surface area contributed by atoms with Crippen LogP contribution in [0, 0.1) is 0 Å². The Labute approximate surface area is 162 Å². The highest BCUT2D eigenvalue weighted by Crippen LogP contribution is 2.09. The number of nitrogens with one attached hydrogen (secondary N) is 2. The number of primary amides is 1. The predicted octanol–water partition coefficient (Wildman–Crippen LogP) is 2.45. The van der Waals surface area contributed by atoms with Crippen LogP contribution in [0.15, 0.2) is 30.3 Å². The molecule has 1 aromatic rings. The summed E-state index contributed by atoms with van der Waals surface area (Å²) >= 11 is 0. The van der Waals surface area contributed by atoms with Crippen molar-refractivity contribution in [3.8, 4) is 0 Å². The largest absolute Gasteiger partial charge is 0.368 e. The summed E-state index contributed by atoms with van der Waals surface area (Å²) in [5.41, 5.74) is 6.39.